The summed E-state index contributed by atoms with van der Waals surface area (Å²) in [6.45, 7) is 2.81. The van der Waals surface area contributed by atoms with Crippen molar-refractivity contribution in [1.29, 1.82) is 0 Å². The molecular formula is C22H28ClN3O3. The van der Waals surface area contributed by atoms with Crippen molar-refractivity contribution >= 4 is 29.9 Å². The molecule has 2 unspecified atom stereocenters. The Balaban J connectivity index is 0.00000300. The summed E-state index contributed by atoms with van der Waals surface area (Å²) in [5.41, 5.74) is 8.37. The lowest BCUT2D eigenvalue weighted by atomic mass is 9.83. The minimum absolute atomic E-state index is 0. The molecule has 3 N–H and O–H groups in total. The Labute approximate surface area is 177 Å². The van der Waals surface area contributed by atoms with Crippen LogP contribution < -0.4 is 20.7 Å². The van der Waals surface area contributed by atoms with E-state index in [0.717, 1.165) is 22.6 Å². The van der Waals surface area contributed by atoms with Gasteiger partial charge in [0.25, 0.3) is 0 Å². The fourth-order valence-electron chi connectivity index (χ4n) is 3.69. The van der Waals surface area contributed by atoms with Gasteiger partial charge in [-0.3, -0.25) is 9.59 Å². The van der Waals surface area contributed by atoms with Gasteiger partial charge >= 0.3 is 0 Å². The molecule has 1 fully saturated rings. The smallest absolute Gasteiger partial charge is 0.227 e. The molecular weight excluding hydrogens is 390 g/mol. The van der Waals surface area contributed by atoms with Gasteiger partial charge in [-0.05, 0) is 43.2 Å². The number of rotatable bonds is 6. The number of aryl methyl sites for hydroxylation is 1. The number of hydrogen-bond acceptors (Lipinski definition) is 4. The van der Waals surface area contributed by atoms with Gasteiger partial charge in [-0.15, -0.1) is 12.4 Å². The van der Waals surface area contributed by atoms with E-state index in [9.17, 15) is 9.59 Å². The minimum atomic E-state index is -0.382. The van der Waals surface area contributed by atoms with Gasteiger partial charge in [0, 0.05) is 25.2 Å². The molecule has 0 aromatic heterocycles. The van der Waals surface area contributed by atoms with E-state index in [1.54, 1.807) is 12.0 Å². The first kappa shape index (κ1) is 22.7. The average Bonchev–Trinajstić information content (AvgIpc) is 2.72. The normalized spacial score (nSPS) is 18.7. The standard InChI is InChI=1S/C22H27N3O3.ClH/c1-15-3-7-17(8-4-15)25-20(26)12-11-19(22(27)24-14-13-23)21(25)16-5-9-18(28-2)10-6-16;/h3-10,19,21H,11-14,23H2,1-2H3,(H,24,27);1H. The zero-order valence-corrected chi connectivity index (χ0v) is 17.6. The summed E-state index contributed by atoms with van der Waals surface area (Å²) in [5.74, 6) is 0.333. The molecule has 2 aromatic rings. The zero-order valence-electron chi connectivity index (χ0n) is 16.8. The minimum Gasteiger partial charge on any atom is -0.497 e. The van der Waals surface area contributed by atoms with Gasteiger partial charge < -0.3 is 20.7 Å². The number of ether oxygens (including phenoxy) is 1. The van der Waals surface area contributed by atoms with Crippen LogP contribution in [-0.2, 0) is 9.59 Å². The van der Waals surface area contributed by atoms with Crippen molar-refractivity contribution < 1.29 is 14.3 Å². The van der Waals surface area contributed by atoms with E-state index in [1.165, 1.54) is 0 Å². The highest BCUT2D eigenvalue weighted by Gasteiger charge is 2.41. The van der Waals surface area contributed by atoms with Crippen LogP contribution >= 0.6 is 12.4 Å². The maximum atomic E-state index is 12.9. The average molecular weight is 418 g/mol. The van der Waals surface area contributed by atoms with Crippen molar-refractivity contribution in [2.45, 2.75) is 25.8 Å². The van der Waals surface area contributed by atoms with E-state index in [-0.39, 0.29) is 36.2 Å². The van der Waals surface area contributed by atoms with Crippen LogP contribution in [0, 0.1) is 12.8 Å². The number of nitrogens with two attached hydrogens (primary N) is 1. The van der Waals surface area contributed by atoms with E-state index >= 15 is 0 Å². The van der Waals surface area contributed by atoms with Crippen LogP contribution in [0.5, 0.6) is 5.75 Å². The SMILES string of the molecule is COc1ccc(C2C(C(=O)NCCN)CCC(=O)N2c2ccc(C)cc2)cc1.Cl. The number of amides is 2. The van der Waals surface area contributed by atoms with Crippen LogP contribution in [0.4, 0.5) is 5.69 Å². The number of halogens is 1. The first-order valence-electron chi connectivity index (χ1n) is 9.55. The van der Waals surface area contributed by atoms with Crippen molar-refractivity contribution in [2.75, 3.05) is 25.1 Å². The quantitative estimate of drug-likeness (QED) is 0.756. The van der Waals surface area contributed by atoms with Crippen LogP contribution in [0.15, 0.2) is 48.5 Å². The number of nitrogens with zero attached hydrogens (tertiary/aromatic N) is 1. The fourth-order valence-corrected chi connectivity index (χ4v) is 3.69. The number of methoxy groups -OCH3 is 1. The van der Waals surface area contributed by atoms with Gasteiger partial charge in [0.2, 0.25) is 11.8 Å². The lowest BCUT2D eigenvalue weighted by Gasteiger charge is -2.41. The number of anilines is 1. The molecule has 0 spiro atoms. The van der Waals surface area contributed by atoms with Crippen LogP contribution in [0.2, 0.25) is 0 Å². The second-order valence-corrected chi connectivity index (χ2v) is 7.04. The predicted octanol–water partition coefficient (Wildman–Crippen LogP) is 2.98. The maximum Gasteiger partial charge on any atom is 0.227 e. The molecule has 2 amide bonds. The van der Waals surface area contributed by atoms with Gasteiger partial charge in [0.05, 0.1) is 19.1 Å². The summed E-state index contributed by atoms with van der Waals surface area (Å²) in [7, 11) is 1.61. The van der Waals surface area contributed by atoms with Crippen molar-refractivity contribution in [3.05, 3.63) is 59.7 Å². The Bertz CT molecular complexity index is 824. The molecule has 29 heavy (non-hydrogen) atoms. The Morgan fingerprint density at radius 3 is 2.41 bits per heavy atom. The highest BCUT2D eigenvalue weighted by Crippen LogP contribution is 2.40. The second kappa shape index (κ2) is 10.3. The number of carbonyl (C=O) groups excluding carboxylic acids is 2. The Kier molecular flexibility index (Phi) is 8.05. The number of nitrogens with one attached hydrogen (secondary N) is 1. The molecule has 1 aliphatic heterocycles. The van der Waals surface area contributed by atoms with Crippen molar-refractivity contribution in [3.63, 3.8) is 0 Å². The first-order chi connectivity index (χ1) is 13.5. The van der Waals surface area contributed by atoms with Gasteiger partial charge in [0.15, 0.2) is 0 Å². The molecule has 156 valence electrons. The maximum absolute atomic E-state index is 12.9. The molecule has 3 rings (SSSR count). The molecule has 0 radical (unpaired) electrons. The molecule has 1 heterocycles. The summed E-state index contributed by atoms with van der Waals surface area (Å²) in [6.07, 6.45) is 0.843. The van der Waals surface area contributed by atoms with Crippen LogP contribution in [0.25, 0.3) is 0 Å². The van der Waals surface area contributed by atoms with Crippen molar-refractivity contribution in [1.82, 2.24) is 5.32 Å². The third-order valence-electron chi connectivity index (χ3n) is 5.15. The molecule has 2 aromatic carbocycles. The van der Waals surface area contributed by atoms with Gasteiger partial charge in [-0.25, -0.2) is 0 Å². The Morgan fingerprint density at radius 2 is 1.83 bits per heavy atom. The first-order valence-corrected chi connectivity index (χ1v) is 9.55. The molecule has 0 aliphatic carbocycles. The van der Waals surface area contributed by atoms with Crippen molar-refractivity contribution in [2.24, 2.45) is 11.7 Å². The molecule has 1 aliphatic rings. The topological polar surface area (TPSA) is 84.7 Å². The number of piperidine rings is 1. The number of carbonyl (C=O) groups is 2. The summed E-state index contributed by atoms with van der Waals surface area (Å²) in [5, 5.41) is 2.89. The van der Waals surface area contributed by atoms with Crippen LogP contribution in [0.3, 0.4) is 0 Å². The van der Waals surface area contributed by atoms with Crippen LogP contribution in [0.1, 0.15) is 30.0 Å². The summed E-state index contributed by atoms with van der Waals surface area (Å²) < 4.78 is 5.26. The molecule has 7 heteroatoms. The fraction of sp³-hybridized carbons (Fsp3) is 0.364. The zero-order chi connectivity index (χ0) is 20.1. The van der Waals surface area contributed by atoms with Crippen molar-refractivity contribution in [3.8, 4) is 5.75 Å². The van der Waals surface area contributed by atoms with Gasteiger partial charge in [-0.2, -0.15) is 0 Å². The summed E-state index contributed by atoms with van der Waals surface area (Å²) in [6, 6.07) is 15.0. The third-order valence-corrected chi connectivity index (χ3v) is 5.15. The summed E-state index contributed by atoms with van der Waals surface area (Å²) in [4.78, 5) is 27.6. The number of benzene rings is 2. The Hall–Kier alpha value is -2.57. The van der Waals surface area contributed by atoms with E-state index in [1.807, 2.05) is 55.5 Å². The number of hydrogen-bond donors (Lipinski definition) is 2. The molecule has 1 saturated heterocycles. The molecule has 2 atom stereocenters. The predicted molar refractivity (Wildman–Crippen MR) is 116 cm³/mol. The van der Waals surface area contributed by atoms with Gasteiger partial charge in [-0.1, -0.05) is 29.8 Å². The van der Waals surface area contributed by atoms with E-state index in [4.69, 9.17) is 10.5 Å². The highest BCUT2D eigenvalue weighted by molar-refractivity contribution is 5.97. The second-order valence-electron chi connectivity index (χ2n) is 7.04. The molecule has 0 bridgehead atoms. The largest absolute Gasteiger partial charge is 0.497 e. The molecule has 6 nitrogen and oxygen atoms in total. The summed E-state index contributed by atoms with van der Waals surface area (Å²) >= 11 is 0. The monoisotopic (exact) mass is 417 g/mol. The third kappa shape index (κ3) is 5.08. The Morgan fingerprint density at radius 1 is 1.17 bits per heavy atom. The van der Waals surface area contributed by atoms with Gasteiger partial charge in [0.1, 0.15) is 5.75 Å². The highest BCUT2D eigenvalue weighted by atomic mass is 35.5. The lowest BCUT2D eigenvalue weighted by molar-refractivity contribution is -0.129. The van der Waals surface area contributed by atoms with E-state index in [2.05, 4.69) is 5.32 Å². The lowest BCUT2D eigenvalue weighted by Crippen LogP contribution is -2.48. The van der Waals surface area contributed by atoms with Crippen LogP contribution in [-0.4, -0.2) is 32.0 Å². The molecule has 0 saturated carbocycles. The van der Waals surface area contributed by atoms with E-state index in [0.29, 0.717) is 25.9 Å². The van der Waals surface area contributed by atoms with E-state index < -0.39 is 0 Å².